The van der Waals surface area contributed by atoms with Crippen LogP contribution >= 0.6 is 0 Å². The fourth-order valence-corrected chi connectivity index (χ4v) is 2.95. The van der Waals surface area contributed by atoms with Crippen LogP contribution in [0.3, 0.4) is 0 Å². The van der Waals surface area contributed by atoms with Gasteiger partial charge >= 0.3 is 0 Å². The number of nitrogens with one attached hydrogen (secondary N) is 1. The molecule has 3 aromatic rings. The van der Waals surface area contributed by atoms with Gasteiger partial charge < -0.3 is 15.0 Å². The molecule has 0 amide bonds. The highest BCUT2D eigenvalue weighted by molar-refractivity contribution is 5.65. The van der Waals surface area contributed by atoms with E-state index in [1.54, 1.807) is 6.20 Å². The number of rotatable bonds is 5. The fraction of sp³-hybridized carbons (Fsp3) is 0.263. The quantitative estimate of drug-likeness (QED) is 0.777. The zero-order valence-electron chi connectivity index (χ0n) is 14.0. The van der Waals surface area contributed by atoms with Crippen LogP contribution in [0.15, 0.2) is 61.1 Å². The fourth-order valence-electron chi connectivity index (χ4n) is 2.95. The van der Waals surface area contributed by atoms with E-state index in [0.717, 1.165) is 50.0 Å². The number of aromatic nitrogens is 3. The first kappa shape index (κ1) is 15.7. The van der Waals surface area contributed by atoms with Gasteiger partial charge in [-0.15, -0.1) is 0 Å². The minimum atomic E-state index is 0.752. The molecule has 1 N–H and O–H groups in total. The second kappa shape index (κ2) is 7.36. The summed E-state index contributed by atoms with van der Waals surface area (Å²) >= 11 is 0. The van der Waals surface area contributed by atoms with Crippen molar-refractivity contribution >= 4 is 11.5 Å². The number of hydrogen-bond donors (Lipinski definition) is 1. The molecule has 6 heteroatoms. The van der Waals surface area contributed by atoms with Crippen LogP contribution in [-0.2, 0) is 11.3 Å². The highest BCUT2D eigenvalue weighted by Crippen LogP contribution is 2.24. The normalized spacial score (nSPS) is 14.5. The molecule has 2 aromatic heterocycles. The first-order valence-electron chi connectivity index (χ1n) is 8.51. The Kier molecular flexibility index (Phi) is 4.61. The largest absolute Gasteiger partial charge is 0.378 e. The summed E-state index contributed by atoms with van der Waals surface area (Å²) in [6, 6.07) is 14.4. The molecule has 4 rings (SSSR count). The summed E-state index contributed by atoms with van der Waals surface area (Å²) in [5, 5.41) is 7.76. The van der Waals surface area contributed by atoms with Crippen molar-refractivity contribution in [3.8, 4) is 5.69 Å². The molecule has 0 aliphatic carbocycles. The summed E-state index contributed by atoms with van der Waals surface area (Å²) in [5.74, 6) is 0.999. The van der Waals surface area contributed by atoms with Crippen molar-refractivity contribution in [3.05, 3.63) is 66.6 Å². The van der Waals surface area contributed by atoms with Crippen LogP contribution in [0.5, 0.6) is 0 Å². The Labute approximate surface area is 147 Å². The van der Waals surface area contributed by atoms with Gasteiger partial charge in [-0.05, 0) is 35.9 Å². The number of morpholine rings is 1. The molecule has 0 radical (unpaired) electrons. The number of anilines is 2. The SMILES string of the molecule is c1cnc(N2CCOCC2)c(NCc2ccc(-n3cccn3)cc2)c1. The highest BCUT2D eigenvalue weighted by Gasteiger charge is 2.15. The Morgan fingerprint density at radius 2 is 1.84 bits per heavy atom. The standard InChI is InChI=1S/C19H21N5O/c1-3-18(19(20-8-1)23-11-13-25-14-12-23)21-15-16-4-6-17(7-5-16)24-10-2-9-22-24/h1-10,21H,11-15H2. The average Bonchev–Trinajstić information content (AvgIpc) is 3.22. The van der Waals surface area contributed by atoms with Gasteiger partial charge in [0, 0.05) is 38.2 Å². The van der Waals surface area contributed by atoms with Crippen molar-refractivity contribution in [2.24, 2.45) is 0 Å². The van der Waals surface area contributed by atoms with E-state index in [1.165, 1.54) is 5.56 Å². The first-order valence-corrected chi connectivity index (χ1v) is 8.51. The Morgan fingerprint density at radius 1 is 1.00 bits per heavy atom. The van der Waals surface area contributed by atoms with Crippen molar-refractivity contribution < 1.29 is 4.74 Å². The lowest BCUT2D eigenvalue weighted by Crippen LogP contribution is -2.37. The maximum Gasteiger partial charge on any atom is 0.152 e. The first-order chi connectivity index (χ1) is 12.4. The second-order valence-electron chi connectivity index (χ2n) is 5.94. The van der Waals surface area contributed by atoms with Gasteiger partial charge in [-0.2, -0.15) is 5.10 Å². The number of benzene rings is 1. The van der Waals surface area contributed by atoms with Crippen LogP contribution in [0.2, 0.25) is 0 Å². The van der Waals surface area contributed by atoms with E-state index in [1.807, 2.05) is 29.2 Å². The van der Waals surface area contributed by atoms with E-state index >= 15 is 0 Å². The lowest BCUT2D eigenvalue weighted by atomic mass is 10.2. The summed E-state index contributed by atoms with van der Waals surface area (Å²) in [5.41, 5.74) is 3.33. The molecule has 0 atom stereocenters. The highest BCUT2D eigenvalue weighted by atomic mass is 16.5. The molecule has 25 heavy (non-hydrogen) atoms. The van der Waals surface area contributed by atoms with Crippen molar-refractivity contribution in [1.29, 1.82) is 0 Å². The number of hydrogen-bond acceptors (Lipinski definition) is 5. The van der Waals surface area contributed by atoms with Crippen molar-refractivity contribution in [3.63, 3.8) is 0 Å². The third kappa shape index (κ3) is 3.64. The van der Waals surface area contributed by atoms with Crippen LogP contribution in [0.1, 0.15) is 5.56 Å². The van der Waals surface area contributed by atoms with Crippen molar-refractivity contribution in [1.82, 2.24) is 14.8 Å². The summed E-state index contributed by atoms with van der Waals surface area (Å²) in [6.45, 7) is 4.02. The molecule has 3 heterocycles. The van der Waals surface area contributed by atoms with E-state index in [-0.39, 0.29) is 0 Å². The number of nitrogens with zero attached hydrogens (tertiary/aromatic N) is 4. The zero-order valence-corrected chi connectivity index (χ0v) is 14.0. The Morgan fingerprint density at radius 3 is 2.60 bits per heavy atom. The summed E-state index contributed by atoms with van der Waals surface area (Å²) < 4.78 is 7.29. The van der Waals surface area contributed by atoms with Gasteiger partial charge in [0.25, 0.3) is 0 Å². The van der Waals surface area contributed by atoms with Crippen LogP contribution in [0.25, 0.3) is 5.69 Å². The molecule has 1 aliphatic heterocycles. The topological polar surface area (TPSA) is 55.2 Å². The minimum Gasteiger partial charge on any atom is -0.378 e. The maximum atomic E-state index is 5.44. The molecule has 128 valence electrons. The van der Waals surface area contributed by atoms with Crippen LogP contribution < -0.4 is 10.2 Å². The molecular weight excluding hydrogens is 314 g/mol. The van der Waals surface area contributed by atoms with Crippen molar-refractivity contribution in [2.75, 3.05) is 36.5 Å². The maximum absolute atomic E-state index is 5.44. The van der Waals surface area contributed by atoms with Gasteiger partial charge in [0.05, 0.1) is 24.6 Å². The molecule has 0 saturated carbocycles. The third-order valence-electron chi connectivity index (χ3n) is 4.29. The van der Waals surface area contributed by atoms with E-state index in [2.05, 4.69) is 50.6 Å². The van der Waals surface area contributed by atoms with E-state index in [4.69, 9.17) is 4.74 Å². The smallest absolute Gasteiger partial charge is 0.152 e. The van der Waals surface area contributed by atoms with Gasteiger partial charge in [-0.1, -0.05) is 12.1 Å². The molecule has 1 aliphatic rings. The lowest BCUT2D eigenvalue weighted by molar-refractivity contribution is 0.122. The predicted octanol–water partition coefficient (Wildman–Crippen LogP) is 2.72. The molecular formula is C19H21N5O. The van der Waals surface area contributed by atoms with Gasteiger partial charge in [-0.25, -0.2) is 9.67 Å². The average molecular weight is 335 g/mol. The molecule has 1 fully saturated rings. The van der Waals surface area contributed by atoms with E-state index < -0.39 is 0 Å². The molecule has 6 nitrogen and oxygen atoms in total. The predicted molar refractivity (Wildman–Crippen MR) is 98.2 cm³/mol. The third-order valence-corrected chi connectivity index (χ3v) is 4.29. The Bertz CT molecular complexity index is 795. The number of pyridine rings is 1. The van der Waals surface area contributed by atoms with Gasteiger partial charge in [0.2, 0.25) is 0 Å². The monoisotopic (exact) mass is 335 g/mol. The molecule has 1 saturated heterocycles. The van der Waals surface area contributed by atoms with E-state index in [0.29, 0.717) is 0 Å². The lowest BCUT2D eigenvalue weighted by Gasteiger charge is -2.29. The summed E-state index contributed by atoms with van der Waals surface area (Å²) in [6.07, 6.45) is 5.57. The summed E-state index contributed by atoms with van der Waals surface area (Å²) in [4.78, 5) is 6.83. The van der Waals surface area contributed by atoms with Crippen LogP contribution in [-0.4, -0.2) is 41.1 Å². The van der Waals surface area contributed by atoms with Crippen LogP contribution in [0, 0.1) is 0 Å². The zero-order chi connectivity index (χ0) is 16.9. The van der Waals surface area contributed by atoms with Crippen molar-refractivity contribution in [2.45, 2.75) is 6.54 Å². The summed E-state index contributed by atoms with van der Waals surface area (Å²) in [7, 11) is 0. The molecule has 0 bridgehead atoms. The molecule has 1 aromatic carbocycles. The second-order valence-corrected chi connectivity index (χ2v) is 5.94. The molecule has 0 unspecified atom stereocenters. The van der Waals surface area contributed by atoms with Gasteiger partial charge in [0.15, 0.2) is 5.82 Å². The number of ether oxygens (including phenoxy) is 1. The molecule has 0 spiro atoms. The Hall–Kier alpha value is -2.86. The van der Waals surface area contributed by atoms with Crippen LogP contribution in [0.4, 0.5) is 11.5 Å². The van der Waals surface area contributed by atoms with E-state index in [9.17, 15) is 0 Å². The van der Waals surface area contributed by atoms with Gasteiger partial charge in [0.1, 0.15) is 0 Å². The minimum absolute atomic E-state index is 0.752. The Balaban J connectivity index is 1.44. The van der Waals surface area contributed by atoms with Gasteiger partial charge in [-0.3, -0.25) is 0 Å².